The Morgan fingerprint density at radius 2 is 2.00 bits per heavy atom. The minimum absolute atomic E-state index is 0.0879. The van der Waals surface area contributed by atoms with Gasteiger partial charge in [-0.25, -0.2) is 9.59 Å². The van der Waals surface area contributed by atoms with Crippen LogP contribution >= 0.6 is 12.6 Å². The van der Waals surface area contributed by atoms with Gasteiger partial charge in [-0.2, -0.15) is 12.6 Å². The van der Waals surface area contributed by atoms with E-state index >= 15 is 0 Å². The number of aliphatic hydroxyl groups excluding tert-OH is 1. The number of hydrogen-bond donors (Lipinski definition) is 4. The van der Waals surface area contributed by atoms with E-state index < -0.39 is 36.4 Å². The first kappa shape index (κ1) is 14.7. The molecule has 0 fully saturated rings. The highest BCUT2D eigenvalue weighted by Gasteiger charge is 2.23. The first-order chi connectivity index (χ1) is 7.42. The highest BCUT2D eigenvalue weighted by atomic mass is 32.1. The summed E-state index contributed by atoms with van der Waals surface area (Å²) in [5.41, 5.74) is 0. The van der Waals surface area contributed by atoms with E-state index in [9.17, 15) is 14.4 Å². The van der Waals surface area contributed by atoms with Crippen LogP contribution < -0.4 is 5.32 Å². The molecule has 2 unspecified atom stereocenters. The van der Waals surface area contributed by atoms with Crippen molar-refractivity contribution in [3.63, 3.8) is 0 Å². The van der Waals surface area contributed by atoms with Crippen molar-refractivity contribution in [2.24, 2.45) is 0 Å². The summed E-state index contributed by atoms with van der Waals surface area (Å²) in [5, 5.41) is 19.8. The molecule has 0 aliphatic rings. The Bertz CT molecular complexity index is 282. The lowest BCUT2D eigenvalue weighted by Gasteiger charge is -2.13. The summed E-state index contributed by atoms with van der Waals surface area (Å²) in [5.74, 6) is -3.04. The number of methoxy groups -OCH3 is 1. The second-order valence-electron chi connectivity index (χ2n) is 2.88. The van der Waals surface area contributed by atoms with Crippen LogP contribution in [-0.2, 0) is 19.1 Å². The van der Waals surface area contributed by atoms with Crippen molar-refractivity contribution in [1.82, 2.24) is 5.32 Å². The van der Waals surface area contributed by atoms with Crippen molar-refractivity contribution in [3.8, 4) is 0 Å². The molecule has 0 rings (SSSR count). The molecule has 0 aliphatic heterocycles. The lowest BCUT2D eigenvalue weighted by Crippen LogP contribution is -2.43. The van der Waals surface area contributed by atoms with E-state index in [1.165, 1.54) is 0 Å². The van der Waals surface area contributed by atoms with Gasteiger partial charge in [-0.1, -0.05) is 0 Å². The topological polar surface area (TPSA) is 113 Å². The Morgan fingerprint density at radius 3 is 2.38 bits per heavy atom. The number of carbonyl (C=O) groups is 3. The number of carboxylic acid groups (broad SMARTS) is 1. The van der Waals surface area contributed by atoms with Crippen LogP contribution in [0.15, 0.2) is 0 Å². The lowest BCUT2D eigenvalue weighted by atomic mass is 10.2. The van der Waals surface area contributed by atoms with Crippen molar-refractivity contribution < 1.29 is 29.3 Å². The lowest BCUT2D eigenvalue weighted by molar-refractivity contribution is -0.152. The molecular weight excluding hydrogens is 238 g/mol. The van der Waals surface area contributed by atoms with Crippen molar-refractivity contribution in [1.29, 1.82) is 0 Å². The SMILES string of the molecule is COC(=O)C(O)CC(=O)NC(CS)C(=O)O. The van der Waals surface area contributed by atoms with Gasteiger partial charge in [0.05, 0.1) is 13.5 Å². The van der Waals surface area contributed by atoms with Gasteiger partial charge in [-0.05, 0) is 0 Å². The maximum Gasteiger partial charge on any atom is 0.335 e. The zero-order valence-electron chi connectivity index (χ0n) is 8.54. The van der Waals surface area contributed by atoms with Crippen molar-refractivity contribution in [2.75, 3.05) is 12.9 Å². The van der Waals surface area contributed by atoms with Gasteiger partial charge in [0.2, 0.25) is 5.91 Å². The van der Waals surface area contributed by atoms with E-state index in [-0.39, 0.29) is 5.75 Å². The molecule has 0 aliphatic carbocycles. The van der Waals surface area contributed by atoms with Crippen LogP contribution in [0.1, 0.15) is 6.42 Å². The number of esters is 1. The Hall–Kier alpha value is -1.28. The van der Waals surface area contributed by atoms with Gasteiger partial charge >= 0.3 is 11.9 Å². The minimum atomic E-state index is -1.60. The van der Waals surface area contributed by atoms with Gasteiger partial charge in [-0.15, -0.1) is 0 Å². The second kappa shape index (κ2) is 7.07. The monoisotopic (exact) mass is 251 g/mol. The molecule has 16 heavy (non-hydrogen) atoms. The molecular formula is C8H13NO6S. The molecule has 2 atom stereocenters. The number of carboxylic acids is 1. The predicted octanol–water partition coefficient (Wildman–Crippen LogP) is -1.59. The molecule has 0 saturated carbocycles. The van der Waals surface area contributed by atoms with Gasteiger partial charge < -0.3 is 20.3 Å². The van der Waals surface area contributed by atoms with Gasteiger partial charge in [0.25, 0.3) is 0 Å². The fourth-order valence-electron chi connectivity index (χ4n) is 0.834. The average molecular weight is 251 g/mol. The Morgan fingerprint density at radius 1 is 1.44 bits per heavy atom. The highest BCUT2D eigenvalue weighted by molar-refractivity contribution is 7.80. The molecule has 3 N–H and O–H groups in total. The Balaban J connectivity index is 4.17. The second-order valence-corrected chi connectivity index (χ2v) is 3.25. The van der Waals surface area contributed by atoms with E-state index in [1.807, 2.05) is 0 Å². The van der Waals surface area contributed by atoms with Crippen LogP contribution in [0.4, 0.5) is 0 Å². The molecule has 0 bridgehead atoms. The number of amides is 1. The maximum absolute atomic E-state index is 11.2. The summed E-state index contributed by atoms with van der Waals surface area (Å²) in [6.07, 6.45) is -2.15. The van der Waals surface area contributed by atoms with Gasteiger partial charge in [0, 0.05) is 5.75 Å². The van der Waals surface area contributed by atoms with Crippen LogP contribution in [0, 0.1) is 0 Å². The molecule has 0 saturated heterocycles. The number of aliphatic hydroxyl groups is 1. The molecule has 0 spiro atoms. The fourth-order valence-corrected chi connectivity index (χ4v) is 1.08. The van der Waals surface area contributed by atoms with Gasteiger partial charge in [0.1, 0.15) is 6.04 Å². The molecule has 0 radical (unpaired) electrons. The summed E-state index contributed by atoms with van der Waals surface area (Å²) >= 11 is 3.73. The fraction of sp³-hybridized carbons (Fsp3) is 0.625. The van der Waals surface area contributed by atoms with E-state index in [1.54, 1.807) is 0 Å². The molecule has 0 aromatic heterocycles. The van der Waals surface area contributed by atoms with Crippen LogP contribution in [-0.4, -0.2) is 53.1 Å². The highest BCUT2D eigenvalue weighted by Crippen LogP contribution is 1.96. The first-order valence-electron chi connectivity index (χ1n) is 4.31. The number of ether oxygens (including phenoxy) is 1. The van der Waals surface area contributed by atoms with Crippen molar-refractivity contribution in [2.45, 2.75) is 18.6 Å². The molecule has 92 valence electrons. The molecule has 0 heterocycles. The number of nitrogens with one attached hydrogen (secondary N) is 1. The quantitative estimate of drug-likeness (QED) is 0.334. The largest absolute Gasteiger partial charge is 0.480 e. The number of hydrogen-bond acceptors (Lipinski definition) is 6. The molecule has 8 heteroatoms. The molecule has 1 amide bonds. The van der Waals surface area contributed by atoms with E-state index in [0.717, 1.165) is 7.11 Å². The van der Waals surface area contributed by atoms with E-state index in [0.29, 0.717) is 0 Å². The maximum atomic E-state index is 11.2. The van der Waals surface area contributed by atoms with Crippen molar-refractivity contribution in [3.05, 3.63) is 0 Å². The minimum Gasteiger partial charge on any atom is -0.480 e. The first-order valence-corrected chi connectivity index (χ1v) is 4.94. The van der Waals surface area contributed by atoms with Crippen molar-refractivity contribution >= 4 is 30.5 Å². The van der Waals surface area contributed by atoms with Crippen LogP contribution in [0.5, 0.6) is 0 Å². The molecule has 7 nitrogen and oxygen atoms in total. The van der Waals surface area contributed by atoms with Gasteiger partial charge in [0.15, 0.2) is 6.10 Å². The standard InChI is InChI=1S/C8H13NO6S/c1-15-8(14)5(10)2-6(11)9-4(3-16)7(12)13/h4-5,10,16H,2-3H2,1H3,(H,9,11)(H,12,13). The van der Waals surface area contributed by atoms with E-state index in [4.69, 9.17) is 10.2 Å². The van der Waals surface area contributed by atoms with E-state index in [2.05, 4.69) is 22.7 Å². The molecule has 0 aromatic carbocycles. The zero-order valence-corrected chi connectivity index (χ0v) is 9.44. The summed E-state index contributed by atoms with van der Waals surface area (Å²) < 4.78 is 4.19. The zero-order chi connectivity index (χ0) is 12.7. The third kappa shape index (κ3) is 4.99. The van der Waals surface area contributed by atoms with Crippen LogP contribution in [0.2, 0.25) is 0 Å². The number of thiol groups is 1. The Kier molecular flexibility index (Phi) is 6.50. The van der Waals surface area contributed by atoms with Crippen LogP contribution in [0.25, 0.3) is 0 Å². The normalized spacial score (nSPS) is 13.7. The number of carbonyl (C=O) groups excluding carboxylic acids is 2. The number of rotatable bonds is 6. The summed E-state index contributed by atoms with van der Waals surface area (Å²) in [7, 11) is 1.07. The average Bonchev–Trinajstić information content (AvgIpc) is 2.23. The third-order valence-corrected chi connectivity index (χ3v) is 2.03. The Labute approximate surface area is 97.2 Å². The summed E-state index contributed by atoms with van der Waals surface area (Å²) in [6.45, 7) is 0. The smallest absolute Gasteiger partial charge is 0.335 e. The number of aliphatic carboxylic acids is 1. The summed E-state index contributed by atoms with van der Waals surface area (Å²) in [6, 6.07) is -1.15. The van der Waals surface area contributed by atoms with Crippen LogP contribution in [0.3, 0.4) is 0 Å². The molecule has 0 aromatic rings. The van der Waals surface area contributed by atoms with Gasteiger partial charge in [-0.3, -0.25) is 4.79 Å². The summed E-state index contributed by atoms with van der Waals surface area (Å²) in [4.78, 5) is 32.4. The predicted molar refractivity (Wildman–Crippen MR) is 56.1 cm³/mol. The third-order valence-electron chi connectivity index (χ3n) is 1.67.